The topological polar surface area (TPSA) is 17.8 Å². The number of nitrogens with zero attached hydrogens (tertiary/aromatic N) is 2. The van der Waals surface area contributed by atoms with Crippen molar-refractivity contribution in [3.05, 3.63) is 18.0 Å². The molecule has 0 spiro atoms. The van der Waals surface area contributed by atoms with Crippen LogP contribution in [0.4, 0.5) is 0 Å². The molecule has 0 saturated heterocycles. The van der Waals surface area contributed by atoms with E-state index in [1.165, 1.54) is 5.56 Å². The van der Waals surface area contributed by atoms with E-state index in [0.717, 1.165) is 18.9 Å². The number of hydrogen-bond acceptors (Lipinski definition) is 1. The van der Waals surface area contributed by atoms with E-state index in [0.29, 0.717) is 11.8 Å². The second-order valence-corrected chi connectivity index (χ2v) is 5.39. The molecule has 0 saturated carbocycles. The van der Waals surface area contributed by atoms with Crippen molar-refractivity contribution in [3.63, 3.8) is 0 Å². The van der Waals surface area contributed by atoms with Crippen LogP contribution in [-0.4, -0.2) is 9.78 Å². The Morgan fingerprint density at radius 1 is 1.20 bits per heavy atom. The zero-order valence-electron chi connectivity index (χ0n) is 10.7. The predicted molar refractivity (Wildman–Crippen MR) is 64.8 cm³/mol. The maximum Gasteiger partial charge on any atom is 0.0521 e. The Hall–Kier alpha value is -0.790. The van der Waals surface area contributed by atoms with Crippen LogP contribution in [0.25, 0.3) is 0 Å². The molecular formula is C13H24N2. The van der Waals surface area contributed by atoms with Crippen LogP contribution >= 0.6 is 0 Å². The van der Waals surface area contributed by atoms with Crippen LogP contribution in [0, 0.1) is 17.8 Å². The van der Waals surface area contributed by atoms with Crippen LogP contribution in [0.1, 0.15) is 40.2 Å². The summed E-state index contributed by atoms with van der Waals surface area (Å²) in [4.78, 5) is 0. The van der Waals surface area contributed by atoms with E-state index in [-0.39, 0.29) is 0 Å². The van der Waals surface area contributed by atoms with Gasteiger partial charge in [-0.25, -0.2) is 0 Å². The highest BCUT2D eigenvalue weighted by atomic mass is 15.3. The first-order valence-corrected chi connectivity index (χ1v) is 6.00. The SMILES string of the molecule is CC(C)Cc1cnn(CC(C)C(C)C)c1. The molecule has 0 aliphatic carbocycles. The standard InChI is InChI=1S/C13H24N2/c1-10(2)6-13-7-14-15(9-13)8-12(5)11(3)4/h7,9-12H,6,8H2,1-5H3. The fraction of sp³-hybridized carbons (Fsp3) is 0.769. The Labute approximate surface area is 93.7 Å². The lowest BCUT2D eigenvalue weighted by Gasteiger charge is -2.14. The minimum atomic E-state index is 0.691. The molecule has 1 aromatic heterocycles. The third-order valence-corrected chi connectivity index (χ3v) is 2.94. The number of aromatic nitrogens is 2. The van der Waals surface area contributed by atoms with Crippen molar-refractivity contribution in [1.82, 2.24) is 9.78 Å². The summed E-state index contributed by atoms with van der Waals surface area (Å²) < 4.78 is 2.09. The normalized spacial score (nSPS) is 13.8. The first-order chi connectivity index (χ1) is 6.99. The molecule has 0 radical (unpaired) electrons. The van der Waals surface area contributed by atoms with Crippen molar-refractivity contribution < 1.29 is 0 Å². The van der Waals surface area contributed by atoms with E-state index in [2.05, 4.69) is 50.6 Å². The lowest BCUT2D eigenvalue weighted by Crippen LogP contribution is -2.13. The van der Waals surface area contributed by atoms with Crippen molar-refractivity contribution in [2.45, 2.75) is 47.6 Å². The minimum absolute atomic E-state index is 0.691. The molecule has 15 heavy (non-hydrogen) atoms. The molecule has 0 N–H and O–H groups in total. The minimum Gasteiger partial charge on any atom is -0.272 e. The van der Waals surface area contributed by atoms with Crippen molar-refractivity contribution in [1.29, 1.82) is 0 Å². The van der Waals surface area contributed by atoms with Gasteiger partial charge in [0.25, 0.3) is 0 Å². The molecule has 86 valence electrons. The van der Waals surface area contributed by atoms with Gasteiger partial charge in [-0.1, -0.05) is 34.6 Å². The Kier molecular flexibility index (Phi) is 4.37. The maximum absolute atomic E-state index is 4.41. The first kappa shape index (κ1) is 12.3. The second kappa shape index (κ2) is 5.34. The zero-order chi connectivity index (χ0) is 11.4. The molecule has 0 amide bonds. The van der Waals surface area contributed by atoms with Gasteiger partial charge in [0.15, 0.2) is 0 Å². The molecule has 2 heteroatoms. The van der Waals surface area contributed by atoms with E-state index in [9.17, 15) is 0 Å². The molecule has 1 rings (SSSR count). The average Bonchev–Trinajstić information content (AvgIpc) is 2.51. The highest BCUT2D eigenvalue weighted by Crippen LogP contribution is 2.13. The van der Waals surface area contributed by atoms with Crippen LogP contribution in [-0.2, 0) is 13.0 Å². The van der Waals surface area contributed by atoms with Gasteiger partial charge in [-0.2, -0.15) is 5.10 Å². The first-order valence-electron chi connectivity index (χ1n) is 6.00. The highest BCUT2D eigenvalue weighted by molar-refractivity contribution is 5.04. The molecule has 0 aliphatic heterocycles. The van der Waals surface area contributed by atoms with Gasteiger partial charge in [-0.15, -0.1) is 0 Å². The predicted octanol–water partition coefficient (Wildman–Crippen LogP) is 3.37. The smallest absolute Gasteiger partial charge is 0.0521 e. The molecule has 0 aliphatic rings. The van der Waals surface area contributed by atoms with Gasteiger partial charge >= 0.3 is 0 Å². The number of rotatable bonds is 5. The fourth-order valence-corrected chi connectivity index (χ4v) is 1.59. The van der Waals surface area contributed by atoms with E-state index in [1.807, 2.05) is 6.20 Å². The summed E-state index contributed by atoms with van der Waals surface area (Å²) in [5, 5.41) is 4.41. The zero-order valence-corrected chi connectivity index (χ0v) is 10.7. The summed E-state index contributed by atoms with van der Waals surface area (Å²) in [6, 6.07) is 0. The van der Waals surface area contributed by atoms with Crippen LogP contribution in [0.15, 0.2) is 12.4 Å². The molecule has 1 atom stereocenters. The molecular weight excluding hydrogens is 184 g/mol. The molecule has 2 nitrogen and oxygen atoms in total. The van der Waals surface area contributed by atoms with E-state index in [4.69, 9.17) is 0 Å². The van der Waals surface area contributed by atoms with Gasteiger partial charge in [0, 0.05) is 12.7 Å². The van der Waals surface area contributed by atoms with Gasteiger partial charge in [0.2, 0.25) is 0 Å². The average molecular weight is 208 g/mol. The summed E-state index contributed by atoms with van der Waals surface area (Å²) in [6.07, 6.45) is 5.34. The quantitative estimate of drug-likeness (QED) is 0.725. The lowest BCUT2D eigenvalue weighted by atomic mass is 9.98. The van der Waals surface area contributed by atoms with E-state index >= 15 is 0 Å². The summed E-state index contributed by atoms with van der Waals surface area (Å²) in [6.45, 7) is 12.3. The van der Waals surface area contributed by atoms with E-state index in [1.54, 1.807) is 0 Å². The third-order valence-electron chi connectivity index (χ3n) is 2.94. The van der Waals surface area contributed by atoms with Crippen molar-refractivity contribution in [2.75, 3.05) is 0 Å². The molecule has 1 heterocycles. The molecule has 1 unspecified atom stereocenters. The summed E-state index contributed by atoms with van der Waals surface area (Å²) >= 11 is 0. The summed E-state index contributed by atoms with van der Waals surface area (Å²) in [5.74, 6) is 2.13. The Bertz CT molecular complexity index is 286. The Balaban J connectivity index is 2.53. The van der Waals surface area contributed by atoms with Crippen LogP contribution in [0.2, 0.25) is 0 Å². The van der Waals surface area contributed by atoms with Crippen molar-refractivity contribution in [2.24, 2.45) is 17.8 Å². The summed E-state index contributed by atoms with van der Waals surface area (Å²) in [7, 11) is 0. The maximum atomic E-state index is 4.41. The monoisotopic (exact) mass is 208 g/mol. The van der Waals surface area contributed by atoms with Gasteiger partial charge in [-0.3, -0.25) is 4.68 Å². The van der Waals surface area contributed by atoms with Gasteiger partial charge in [0.1, 0.15) is 0 Å². The molecule has 0 bridgehead atoms. The van der Waals surface area contributed by atoms with Gasteiger partial charge in [-0.05, 0) is 29.7 Å². The van der Waals surface area contributed by atoms with Gasteiger partial charge < -0.3 is 0 Å². The lowest BCUT2D eigenvalue weighted by molar-refractivity contribution is 0.349. The third kappa shape index (κ3) is 4.06. The highest BCUT2D eigenvalue weighted by Gasteiger charge is 2.09. The Morgan fingerprint density at radius 3 is 2.40 bits per heavy atom. The fourth-order valence-electron chi connectivity index (χ4n) is 1.59. The second-order valence-electron chi connectivity index (χ2n) is 5.39. The largest absolute Gasteiger partial charge is 0.272 e. The number of hydrogen-bond donors (Lipinski definition) is 0. The molecule has 0 fully saturated rings. The van der Waals surface area contributed by atoms with Crippen LogP contribution in [0.3, 0.4) is 0 Å². The molecule has 1 aromatic rings. The van der Waals surface area contributed by atoms with E-state index < -0.39 is 0 Å². The Morgan fingerprint density at radius 2 is 1.87 bits per heavy atom. The molecule has 0 aromatic carbocycles. The van der Waals surface area contributed by atoms with Crippen LogP contribution in [0.5, 0.6) is 0 Å². The van der Waals surface area contributed by atoms with Crippen molar-refractivity contribution in [3.8, 4) is 0 Å². The summed E-state index contributed by atoms with van der Waals surface area (Å²) in [5.41, 5.74) is 1.36. The van der Waals surface area contributed by atoms with Gasteiger partial charge in [0.05, 0.1) is 6.20 Å². The van der Waals surface area contributed by atoms with Crippen molar-refractivity contribution >= 4 is 0 Å². The van der Waals surface area contributed by atoms with Crippen LogP contribution < -0.4 is 0 Å².